The number of halogens is 2. The van der Waals surface area contributed by atoms with E-state index in [-0.39, 0.29) is 6.16 Å². The summed E-state index contributed by atoms with van der Waals surface area (Å²) in [4.78, 5) is 0. The van der Waals surface area contributed by atoms with E-state index in [9.17, 15) is 4.57 Å². The van der Waals surface area contributed by atoms with Crippen LogP contribution in [0.3, 0.4) is 0 Å². The van der Waals surface area contributed by atoms with Gasteiger partial charge in [-0.1, -0.05) is 29.8 Å². The highest BCUT2D eigenvalue weighted by atomic mass is 35.9. The van der Waals surface area contributed by atoms with Gasteiger partial charge in [0.15, 0.2) is 0 Å². The van der Waals surface area contributed by atoms with Gasteiger partial charge in [0.2, 0.25) is 0 Å². The Bertz CT molecular complexity index is 319. The molecule has 0 fully saturated rings. The van der Waals surface area contributed by atoms with E-state index >= 15 is 0 Å². The number of aryl methyl sites for hydroxylation is 1. The second kappa shape index (κ2) is 3.83. The molecule has 0 saturated carbocycles. The molecule has 1 aromatic carbocycles. The van der Waals surface area contributed by atoms with E-state index in [1.807, 2.05) is 31.2 Å². The average molecular weight is 223 g/mol. The zero-order valence-corrected chi connectivity index (χ0v) is 9.03. The van der Waals surface area contributed by atoms with Crippen LogP contribution in [0.4, 0.5) is 0 Å². The molecule has 0 N–H and O–H groups in total. The van der Waals surface area contributed by atoms with Gasteiger partial charge in [-0.2, -0.15) is 0 Å². The molecule has 66 valence electrons. The maximum atomic E-state index is 11.0. The molecule has 12 heavy (non-hydrogen) atoms. The third-order valence-electron chi connectivity index (χ3n) is 1.45. The molecule has 1 aromatic rings. The molecule has 0 atom stereocenters. The van der Waals surface area contributed by atoms with Crippen molar-refractivity contribution in [3.8, 4) is 0 Å². The molecule has 0 heterocycles. The van der Waals surface area contributed by atoms with E-state index < -0.39 is 5.85 Å². The quantitative estimate of drug-likeness (QED) is 0.687. The largest absolute Gasteiger partial charge is 0.289 e. The normalized spacial score (nSPS) is 11.6. The van der Waals surface area contributed by atoms with Crippen molar-refractivity contribution in [2.45, 2.75) is 13.1 Å². The lowest BCUT2D eigenvalue weighted by atomic mass is 10.2. The van der Waals surface area contributed by atoms with Crippen molar-refractivity contribution in [1.29, 1.82) is 0 Å². The first-order valence-corrected chi connectivity index (χ1v) is 7.21. The highest BCUT2D eigenvalue weighted by Gasteiger charge is 2.13. The van der Waals surface area contributed by atoms with Crippen molar-refractivity contribution in [3.05, 3.63) is 35.4 Å². The van der Waals surface area contributed by atoms with Crippen LogP contribution in [-0.2, 0) is 10.7 Å². The summed E-state index contributed by atoms with van der Waals surface area (Å²) in [7, 11) is 0. The molecular weight excluding hydrogens is 214 g/mol. The van der Waals surface area contributed by atoms with Gasteiger partial charge in [0.25, 0.3) is 5.85 Å². The van der Waals surface area contributed by atoms with Crippen molar-refractivity contribution in [2.24, 2.45) is 0 Å². The van der Waals surface area contributed by atoms with Crippen LogP contribution < -0.4 is 0 Å². The maximum absolute atomic E-state index is 11.0. The van der Waals surface area contributed by atoms with E-state index in [0.717, 1.165) is 11.1 Å². The van der Waals surface area contributed by atoms with Crippen molar-refractivity contribution in [2.75, 3.05) is 0 Å². The minimum absolute atomic E-state index is 0.248. The van der Waals surface area contributed by atoms with Gasteiger partial charge in [-0.15, -0.1) is 0 Å². The fraction of sp³-hybridized carbons (Fsp3) is 0.250. The third kappa shape index (κ3) is 3.62. The molecule has 0 unspecified atom stereocenters. The van der Waals surface area contributed by atoms with Crippen LogP contribution in [0.1, 0.15) is 11.1 Å². The predicted molar refractivity (Wildman–Crippen MR) is 54.2 cm³/mol. The summed E-state index contributed by atoms with van der Waals surface area (Å²) in [6.07, 6.45) is 0.248. The van der Waals surface area contributed by atoms with Crippen molar-refractivity contribution in [1.82, 2.24) is 0 Å². The molecule has 4 heteroatoms. The van der Waals surface area contributed by atoms with Crippen LogP contribution in [-0.4, -0.2) is 0 Å². The Labute approximate surface area is 81.6 Å². The second-order valence-electron chi connectivity index (χ2n) is 2.72. The van der Waals surface area contributed by atoms with E-state index in [1.54, 1.807) is 0 Å². The minimum atomic E-state index is -2.96. The zero-order valence-electron chi connectivity index (χ0n) is 6.63. The Morgan fingerprint density at radius 3 is 2.58 bits per heavy atom. The molecule has 0 saturated heterocycles. The fourth-order valence-electron chi connectivity index (χ4n) is 1.02. The minimum Gasteiger partial charge on any atom is -0.289 e. The van der Waals surface area contributed by atoms with Gasteiger partial charge in [-0.05, 0) is 35.0 Å². The Kier molecular flexibility index (Phi) is 3.22. The highest BCUT2D eigenvalue weighted by Crippen LogP contribution is 2.59. The number of hydrogen-bond donors (Lipinski definition) is 0. The first-order valence-electron chi connectivity index (χ1n) is 3.51. The lowest BCUT2D eigenvalue weighted by molar-refractivity contribution is 0.592. The number of benzene rings is 1. The van der Waals surface area contributed by atoms with Crippen LogP contribution in [0.5, 0.6) is 0 Å². The Balaban J connectivity index is 2.84. The van der Waals surface area contributed by atoms with E-state index in [2.05, 4.69) is 0 Å². The Morgan fingerprint density at radius 1 is 1.42 bits per heavy atom. The van der Waals surface area contributed by atoms with Crippen LogP contribution in [0.15, 0.2) is 24.3 Å². The topological polar surface area (TPSA) is 17.1 Å². The van der Waals surface area contributed by atoms with Gasteiger partial charge in [-0.3, -0.25) is 4.57 Å². The maximum Gasteiger partial charge on any atom is 0.257 e. The summed E-state index contributed by atoms with van der Waals surface area (Å²) >= 11 is 10.9. The smallest absolute Gasteiger partial charge is 0.257 e. The predicted octanol–water partition coefficient (Wildman–Crippen LogP) is 4.17. The SMILES string of the molecule is Cc1cccc(CP(=O)(Cl)Cl)c1. The van der Waals surface area contributed by atoms with Gasteiger partial charge in [0, 0.05) is 0 Å². The summed E-state index contributed by atoms with van der Waals surface area (Å²) in [5, 5.41) is 0. The van der Waals surface area contributed by atoms with Gasteiger partial charge in [0.1, 0.15) is 0 Å². The molecule has 0 spiro atoms. The molecule has 1 nitrogen and oxygen atoms in total. The molecule has 1 rings (SSSR count). The highest BCUT2D eigenvalue weighted by molar-refractivity contribution is 8.08. The summed E-state index contributed by atoms with van der Waals surface area (Å²) in [6, 6.07) is 7.66. The fourth-order valence-corrected chi connectivity index (χ4v) is 2.47. The lowest BCUT2D eigenvalue weighted by Gasteiger charge is -2.02. The van der Waals surface area contributed by atoms with Crippen molar-refractivity contribution < 1.29 is 4.57 Å². The van der Waals surface area contributed by atoms with Gasteiger partial charge >= 0.3 is 0 Å². The Morgan fingerprint density at radius 2 is 2.08 bits per heavy atom. The summed E-state index contributed by atoms with van der Waals surface area (Å²) in [5.41, 5.74) is 2.04. The van der Waals surface area contributed by atoms with Crippen LogP contribution in [0.25, 0.3) is 0 Å². The summed E-state index contributed by atoms with van der Waals surface area (Å²) in [5.74, 6) is -2.96. The van der Waals surface area contributed by atoms with Crippen LogP contribution in [0, 0.1) is 6.92 Å². The molecule has 0 aliphatic heterocycles. The molecule has 0 bridgehead atoms. The van der Waals surface area contributed by atoms with Gasteiger partial charge in [-0.25, -0.2) is 0 Å². The van der Waals surface area contributed by atoms with Crippen molar-refractivity contribution in [3.63, 3.8) is 0 Å². The number of rotatable bonds is 2. The van der Waals surface area contributed by atoms with Crippen LogP contribution in [0.2, 0.25) is 0 Å². The van der Waals surface area contributed by atoms with E-state index in [4.69, 9.17) is 22.5 Å². The lowest BCUT2D eigenvalue weighted by Crippen LogP contribution is -1.81. The first-order chi connectivity index (χ1) is 5.47. The van der Waals surface area contributed by atoms with Crippen LogP contribution >= 0.6 is 28.3 Å². The average Bonchev–Trinajstić information content (AvgIpc) is 1.82. The van der Waals surface area contributed by atoms with Crippen molar-refractivity contribution >= 4 is 28.3 Å². The number of hydrogen-bond acceptors (Lipinski definition) is 1. The standard InChI is InChI=1S/C8H9Cl2OP/c1-7-3-2-4-8(5-7)6-12(9,10)11/h2-5H,6H2,1H3. The summed E-state index contributed by atoms with van der Waals surface area (Å²) < 4.78 is 11.0. The molecular formula is C8H9Cl2OP. The van der Waals surface area contributed by atoms with E-state index in [0.29, 0.717) is 0 Å². The van der Waals surface area contributed by atoms with E-state index in [1.165, 1.54) is 0 Å². The molecule has 0 radical (unpaired) electrons. The third-order valence-corrected chi connectivity index (χ3v) is 2.90. The second-order valence-corrected chi connectivity index (χ2v) is 7.97. The first kappa shape index (κ1) is 10.1. The monoisotopic (exact) mass is 222 g/mol. The zero-order chi connectivity index (χ0) is 9.19. The molecule has 0 aliphatic rings. The molecule has 0 aliphatic carbocycles. The Hall–Kier alpha value is 0.0300. The molecule has 0 aromatic heterocycles. The summed E-state index contributed by atoms with van der Waals surface area (Å²) in [6.45, 7) is 1.97. The molecule has 0 amide bonds. The van der Waals surface area contributed by atoms with Gasteiger partial charge in [0.05, 0.1) is 6.16 Å². The van der Waals surface area contributed by atoms with Gasteiger partial charge < -0.3 is 0 Å².